The lowest BCUT2D eigenvalue weighted by atomic mass is 10.1. The molecule has 200 valence electrons. The Kier molecular flexibility index (Phi) is 7.11. The van der Waals surface area contributed by atoms with Gasteiger partial charge in [0.1, 0.15) is 0 Å². The van der Waals surface area contributed by atoms with Gasteiger partial charge in [-0.2, -0.15) is 0 Å². The van der Waals surface area contributed by atoms with E-state index in [1.54, 1.807) is 30.3 Å². The highest BCUT2D eigenvalue weighted by molar-refractivity contribution is 7.93. The first-order valence-corrected chi connectivity index (χ1v) is 15.3. The second-order valence-electron chi connectivity index (χ2n) is 9.10. The van der Waals surface area contributed by atoms with Gasteiger partial charge in [-0.3, -0.25) is 13.8 Å². The maximum absolute atomic E-state index is 13.5. The molecule has 0 unspecified atom stereocenters. The summed E-state index contributed by atoms with van der Waals surface area (Å²) in [5.41, 5.74) is 2.41. The van der Waals surface area contributed by atoms with Crippen LogP contribution in [0.3, 0.4) is 0 Å². The summed E-state index contributed by atoms with van der Waals surface area (Å²) >= 11 is 5.92. The smallest absolute Gasteiger partial charge is 0.264 e. The molecule has 0 aromatic heterocycles. The van der Waals surface area contributed by atoms with E-state index >= 15 is 0 Å². The molecule has 11 heteroatoms. The molecule has 0 bridgehead atoms. The average molecular weight is 582 g/mol. The Morgan fingerprint density at radius 1 is 0.821 bits per heavy atom. The fourth-order valence-electron chi connectivity index (χ4n) is 4.50. The lowest BCUT2D eigenvalue weighted by Crippen LogP contribution is -2.35. The zero-order chi connectivity index (χ0) is 27.8. The van der Waals surface area contributed by atoms with Crippen molar-refractivity contribution in [1.29, 1.82) is 0 Å². The molecule has 1 heterocycles. The topological polar surface area (TPSA) is 113 Å². The van der Waals surface area contributed by atoms with Gasteiger partial charge in [-0.15, -0.1) is 0 Å². The number of hydrogen-bond donors (Lipinski definition) is 2. The summed E-state index contributed by atoms with van der Waals surface area (Å²) in [6, 6.07) is 24.9. The molecule has 1 aliphatic rings. The minimum Gasteiger partial charge on any atom is -0.322 e. The molecule has 1 aliphatic heterocycles. The predicted molar refractivity (Wildman–Crippen MR) is 152 cm³/mol. The second kappa shape index (κ2) is 10.4. The Labute approximate surface area is 232 Å². The van der Waals surface area contributed by atoms with E-state index in [9.17, 15) is 21.6 Å². The van der Waals surface area contributed by atoms with Gasteiger partial charge in [0.25, 0.3) is 26.0 Å². The molecule has 0 fully saturated rings. The minimum absolute atomic E-state index is 0.00594. The maximum atomic E-state index is 13.5. The van der Waals surface area contributed by atoms with Gasteiger partial charge in [-0.25, -0.2) is 16.8 Å². The Hall–Kier alpha value is -3.86. The van der Waals surface area contributed by atoms with Crippen LogP contribution in [0.5, 0.6) is 0 Å². The number of rotatable bonds is 7. The van der Waals surface area contributed by atoms with E-state index in [1.165, 1.54) is 58.9 Å². The summed E-state index contributed by atoms with van der Waals surface area (Å²) in [5.74, 6) is -0.533. The fourth-order valence-corrected chi connectivity index (χ4v) is 7.48. The van der Waals surface area contributed by atoms with Crippen LogP contribution in [0.4, 0.5) is 17.1 Å². The van der Waals surface area contributed by atoms with E-state index in [2.05, 4.69) is 10.0 Å². The second-order valence-corrected chi connectivity index (χ2v) is 13.0. The number of anilines is 3. The zero-order valence-corrected chi connectivity index (χ0v) is 23.1. The first-order chi connectivity index (χ1) is 18.5. The summed E-state index contributed by atoms with van der Waals surface area (Å²) in [4.78, 5) is 13.0. The van der Waals surface area contributed by atoms with Gasteiger partial charge in [0, 0.05) is 22.3 Å². The summed E-state index contributed by atoms with van der Waals surface area (Å²) < 4.78 is 56.4. The quantitative estimate of drug-likeness (QED) is 0.298. The third kappa shape index (κ3) is 5.49. The highest BCUT2D eigenvalue weighted by Gasteiger charge is 2.36. The number of benzene rings is 4. The number of hydrogen-bond acceptors (Lipinski definition) is 5. The van der Waals surface area contributed by atoms with Gasteiger partial charge in [0.2, 0.25) is 0 Å². The van der Waals surface area contributed by atoms with Gasteiger partial charge in [0.15, 0.2) is 0 Å². The number of para-hydroxylation sites is 1. The van der Waals surface area contributed by atoms with E-state index in [0.29, 0.717) is 28.5 Å². The zero-order valence-electron chi connectivity index (χ0n) is 20.7. The van der Waals surface area contributed by atoms with Crippen LogP contribution in [0.25, 0.3) is 0 Å². The number of amides is 1. The third-order valence-electron chi connectivity index (χ3n) is 6.30. The number of fused-ring (bicyclic) bond motifs is 1. The van der Waals surface area contributed by atoms with Crippen LogP contribution >= 0.6 is 11.6 Å². The van der Waals surface area contributed by atoms with Crippen molar-refractivity contribution >= 4 is 54.6 Å². The molecule has 0 aliphatic carbocycles. The van der Waals surface area contributed by atoms with E-state index in [4.69, 9.17) is 11.6 Å². The summed E-state index contributed by atoms with van der Waals surface area (Å²) in [6.07, 6.45) is 0.607. The van der Waals surface area contributed by atoms with Crippen molar-refractivity contribution in [3.05, 3.63) is 113 Å². The van der Waals surface area contributed by atoms with Crippen molar-refractivity contribution in [1.82, 2.24) is 0 Å². The number of carbonyl (C=O) groups is 1. The molecular formula is C28H24ClN3O5S2. The maximum Gasteiger partial charge on any atom is 0.264 e. The van der Waals surface area contributed by atoms with Crippen molar-refractivity contribution in [3.63, 3.8) is 0 Å². The molecule has 0 saturated carbocycles. The standard InChI is InChI=1S/C28H24ClN3O5S2/c1-19-16-20-6-2-3-11-27(20)32(19)39(36,37)26-10-4-7-21(17-26)28(33)30-23-12-14-25(15-13-23)38(34,35)31-24-9-5-8-22(29)18-24/h2-15,17-19,31H,16H2,1H3,(H,30,33)/t19-/m1/s1. The van der Waals surface area contributed by atoms with Gasteiger partial charge in [-0.1, -0.05) is 41.9 Å². The molecule has 0 radical (unpaired) electrons. The normalized spacial score (nSPS) is 15.0. The molecule has 0 spiro atoms. The Morgan fingerprint density at radius 2 is 1.54 bits per heavy atom. The van der Waals surface area contributed by atoms with Crippen LogP contribution in [0, 0.1) is 0 Å². The Balaban J connectivity index is 1.32. The molecule has 8 nitrogen and oxygen atoms in total. The van der Waals surface area contributed by atoms with Crippen LogP contribution < -0.4 is 14.3 Å². The van der Waals surface area contributed by atoms with Crippen molar-refractivity contribution in [3.8, 4) is 0 Å². The number of sulfonamides is 2. The van der Waals surface area contributed by atoms with Gasteiger partial charge >= 0.3 is 0 Å². The molecule has 1 amide bonds. The Morgan fingerprint density at radius 3 is 2.28 bits per heavy atom. The van der Waals surface area contributed by atoms with Crippen molar-refractivity contribution in [2.24, 2.45) is 0 Å². The van der Waals surface area contributed by atoms with Crippen molar-refractivity contribution < 1.29 is 21.6 Å². The largest absolute Gasteiger partial charge is 0.322 e. The van der Waals surface area contributed by atoms with Gasteiger partial charge in [0.05, 0.1) is 21.2 Å². The summed E-state index contributed by atoms with van der Waals surface area (Å²) in [5, 5.41) is 3.08. The molecule has 4 aromatic carbocycles. The molecule has 0 saturated heterocycles. The van der Waals surface area contributed by atoms with Crippen LogP contribution in [-0.2, 0) is 26.5 Å². The highest BCUT2D eigenvalue weighted by Crippen LogP contribution is 2.36. The number of nitrogens with one attached hydrogen (secondary N) is 2. The SMILES string of the molecule is C[C@@H]1Cc2ccccc2N1S(=O)(=O)c1cccc(C(=O)Nc2ccc(S(=O)(=O)Nc3cccc(Cl)c3)cc2)c1. The molecule has 4 aromatic rings. The molecule has 39 heavy (non-hydrogen) atoms. The van der Waals surface area contributed by atoms with Crippen LogP contribution in [-0.4, -0.2) is 28.8 Å². The summed E-state index contributed by atoms with van der Waals surface area (Å²) in [6.45, 7) is 1.85. The van der Waals surface area contributed by atoms with Crippen molar-refractivity contribution in [2.75, 3.05) is 14.3 Å². The van der Waals surface area contributed by atoms with Crippen molar-refractivity contribution in [2.45, 2.75) is 29.2 Å². The first-order valence-electron chi connectivity index (χ1n) is 12.0. The average Bonchev–Trinajstić information content (AvgIpc) is 3.25. The Bertz CT molecular complexity index is 1780. The first kappa shape index (κ1) is 26.7. The summed E-state index contributed by atoms with van der Waals surface area (Å²) in [7, 11) is -7.79. The van der Waals surface area contributed by atoms with E-state index < -0.39 is 26.0 Å². The van der Waals surface area contributed by atoms with E-state index in [1.807, 2.05) is 19.1 Å². The van der Waals surface area contributed by atoms with Crippen LogP contribution in [0.1, 0.15) is 22.8 Å². The van der Waals surface area contributed by atoms with E-state index in [-0.39, 0.29) is 21.4 Å². The van der Waals surface area contributed by atoms with Gasteiger partial charge in [-0.05, 0) is 85.6 Å². The number of nitrogens with zero attached hydrogens (tertiary/aromatic N) is 1. The number of carbonyl (C=O) groups excluding carboxylic acids is 1. The number of halogens is 1. The molecule has 1 atom stereocenters. The lowest BCUT2D eigenvalue weighted by Gasteiger charge is -2.24. The molecule has 2 N–H and O–H groups in total. The van der Waals surface area contributed by atoms with Crippen LogP contribution in [0.2, 0.25) is 5.02 Å². The molecular weight excluding hydrogens is 558 g/mol. The predicted octanol–water partition coefficient (Wildman–Crippen LogP) is 5.53. The van der Waals surface area contributed by atoms with Crippen LogP contribution in [0.15, 0.2) is 107 Å². The third-order valence-corrected chi connectivity index (χ3v) is 9.85. The van der Waals surface area contributed by atoms with Gasteiger partial charge < -0.3 is 5.32 Å². The lowest BCUT2D eigenvalue weighted by molar-refractivity contribution is 0.102. The minimum atomic E-state index is -3.91. The molecule has 5 rings (SSSR count). The highest BCUT2D eigenvalue weighted by atomic mass is 35.5. The monoisotopic (exact) mass is 581 g/mol. The fraction of sp³-hybridized carbons (Fsp3) is 0.107. The van der Waals surface area contributed by atoms with E-state index in [0.717, 1.165) is 5.56 Å².